The number of fused-ring (bicyclic) bond motifs is 1. The normalized spacial score (nSPS) is 12.2. The van der Waals surface area contributed by atoms with E-state index in [4.69, 9.17) is 11.6 Å². The maximum atomic E-state index is 11.3. The van der Waals surface area contributed by atoms with Crippen LogP contribution in [0.15, 0.2) is 18.2 Å². The first kappa shape index (κ1) is 14.3. The smallest absolute Gasteiger partial charge is 0.149 e. The number of sulfone groups is 1. The largest absolute Gasteiger partial charge is 0.327 e. The summed E-state index contributed by atoms with van der Waals surface area (Å²) >= 11 is 5.79. The van der Waals surface area contributed by atoms with Crippen LogP contribution in [0, 0.1) is 6.92 Å². The number of alkyl halides is 1. The van der Waals surface area contributed by atoms with Crippen LogP contribution in [0.4, 0.5) is 0 Å². The molecular formula is C13H17ClN2O2S. The van der Waals surface area contributed by atoms with E-state index in [1.807, 2.05) is 29.7 Å². The number of hydrogen-bond acceptors (Lipinski definition) is 3. The predicted molar refractivity (Wildman–Crippen MR) is 78.6 cm³/mol. The minimum atomic E-state index is -2.99. The molecule has 0 spiro atoms. The van der Waals surface area contributed by atoms with Crippen LogP contribution in [0.2, 0.25) is 0 Å². The lowest BCUT2D eigenvalue weighted by molar-refractivity contribution is 0.594. The van der Waals surface area contributed by atoms with E-state index in [9.17, 15) is 8.42 Å². The number of aryl methyl sites for hydroxylation is 3. The van der Waals surface area contributed by atoms with Crippen molar-refractivity contribution in [2.45, 2.75) is 19.9 Å². The molecule has 104 valence electrons. The summed E-state index contributed by atoms with van der Waals surface area (Å²) in [6, 6.07) is 5.99. The molecule has 0 aliphatic carbocycles. The molecule has 2 rings (SSSR count). The lowest BCUT2D eigenvalue weighted by Gasteiger charge is -2.07. The van der Waals surface area contributed by atoms with Gasteiger partial charge in [0.15, 0.2) is 0 Å². The minimum Gasteiger partial charge on any atom is -0.327 e. The molecule has 19 heavy (non-hydrogen) atoms. The summed E-state index contributed by atoms with van der Waals surface area (Å²) in [5, 5.41) is 0. The molecule has 0 atom stereocenters. The van der Waals surface area contributed by atoms with Crippen LogP contribution in [0.5, 0.6) is 0 Å². The monoisotopic (exact) mass is 300 g/mol. The number of imidazole rings is 1. The van der Waals surface area contributed by atoms with E-state index in [0.717, 1.165) is 22.4 Å². The second kappa shape index (κ2) is 5.51. The number of hydrogen-bond donors (Lipinski definition) is 0. The Bertz CT molecular complexity index is 692. The molecule has 0 saturated carbocycles. The van der Waals surface area contributed by atoms with Gasteiger partial charge in [0.05, 0.1) is 16.8 Å². The first-order chi connectivity index (χ1) is 8.90. The van der Waals surface area contributed by atoms with Crippen LogP contribution in [0.25, 0.3) is 11.0 Å². The molecule has 1 aromatic carbocycles. The SMILES string of the molecule is Cc1ccc2c(c1)nc(CCCl)n2CCS(C)(=O)=O. The fourth-order valence-corrected chi connectivity index (χ4v) is 2.75. The van der Waals surface area contributed by atoms with Gasteiger partial charge < -0.3 is 4.57 Å². The summed E-state index contributed by atoms with van der Waals surface area (Å²) in [6.07, 6.45) is 1.89. The van der Waals surface area contributed by atoms with Crippen molar-refractivity contribution in [2.75, 3.05) is 17.9 Å². The summed E-state index contributed by atoms with van der Waals surface area (Å²) in [6.45, 7) is 2.43. The molecule has 0 unspecified atom stereocenters. The Hall–Kier alpha value is -1.07. The highest BCUT2D eigenvalue weighted by atomic mass is 35.5. The molecule has 0 saturated heterocycles. The van der Waals surface area contributed by atoms with Crippen molar-refractivity contribution in [3.05, 3.63) is 29.6 Å². The van der Waals surface area contributed by atoms with Gasteiger partial charge in [-0.15, -0.1) is 11.6 Å². The molecule has 1 aromatic heterocycles. The van der Waals surface area contributed by atoms with Gasteiger partial charge in [0.25, 0.3) is 0 Å². The summed E-state index contributed by atoms with van der Waals surface area (Å²) in [5.41, 5.74) is 3.00. The zero-order chi connectivity index (χ0) is 14.0. The third kappa shape index (κ3) is 3.48. The maximum Gasteiger partial charge on any atom is 0.149 e. The lowest BCUT2D eigenvalue weighted by Crippen LogP contribution is -2.13. The Labute approximate surface area is 118 Å². The van der Waals surface area contributed by atoms with Crippen molar-refractivity contribution in [1.29, 1.82) is 0 Å². The van der Waals surface area contributed by atoms with Crippen molar-refractivity contribution in [1.82, 2.24) is 9.55 Å². The van der Waals surface area contributed by atoms with E-state index < -0.39 is 9.84 Å². The zero-order valence-corrected chi connectivity index (χ0v) is 12.6. The van der Waals surface area contributed by atoms with E-state index >= 15 is 0 Å². The van der Waals surface area contributed by atoms with Crippen LogP contribution in [0.1, 0.15) is 11.4 Å². The van der Waals surface area contributed by atoms with Gasteiger partial charge in [-0.05, 0) is 24.6 Å². The van der Waals surface area contributed by atoms with Gasteiger partial charge in [0.2, 0.25) is 0 Å². The summed E-state index contributed by atoms with van der Waals surface area (Å²) in [4.78, 5) is 4.55. The van der Waals surface area contributed by atoms with E-state index in [0.29, 0.717) is 18.8 Å². The highest BCUT2D eigenvalue weighted by molar-refractivity contribution is 7.90. The van der Waals surface area contributed by atoms with Gasteiger partial charge in [-0.3, -0.25) is 0 Å². The second-order valence-corrected chi connectivity index (χ2v) is 7.38. The number of benzene rings is 1. The Kier molecular flexibility index (Phi) is 4.16. The molecule has 0 radical (unpaired) electrons. The molecule has 0 bridgehead atoms. The average molecular weight is 301 g/mol. The van der Waals surface area contributed by atoms with Gasteiger partial charge >= 0.3 is 0 Å². The average Bonchev–Trinajstić information content (AvgIpc) is 2.62. The van der Waals surface area contributed by atoms with Gasteiger partial charge in [-0.1, -0.05) is 6.07 Å². The molecule has 1 heterocycles. The van der Waals surface area contributed by atoms with E-state index in [1.165, 1.54) is 6.26 Å². The summed E-state index contributed by atoms with van der Waals surface area (Å²) in [5.74, 6) is 1.43. The number of aromatic nitrogens is 2. The molecule has 4 nitrogen and oxygen atoms in total. The molecule has 0 fully saturated rings. The summed E-state index contributed by atoms with van der Waals surface area (Å²) in [7, 11) is -2.99. The van der Waals surface area contributed by atoms with Gasteiger partial charge in [-0.2, -0.15) is 0 Å². The molecular weight excluding hydrogens is 284 g/mol. The zero-order valence-electron chi connectivity index (χ0n) is 11.1. The number of halogens is 1. The predicted octanol–water partition coefficient (Wildman–Crippen LogP) is 2.17. The first-order valence-corrected chi connectivity index (χ1v) is 8.69. The molecule has 2 aromatic rings. The van der Waals surface area contributed by atoms with Crippen molar-refractivity contribution >= 4 is 32.5 Å². The highest BCUT2D eigenvalue weighted by Gasteiger charge is 2.12. The Morgan fingerprint density at radius 2 is 2.11 bits per heavy atom. The van der Waals surface area contributed by atoms with Gasteiger partial charge in [-0.25, -0.2) is 13.4 Å². The Morgan fingerprint density at radius 3 is 2.74 bits per heavy atom. The fraction of sp³-hybridized carbons (Fsp3) is 0.462. The third-order valence-electron chi connectivity index (χ3n) is 2.99. The van der Waals surface area contributed by atoms with Crippen LogP contribution in [-0.2, 0) is 22.8 Å². The molecule has 0 amide bonds. The highest BCUT2D eigenvalue weighted by Crippen LogP contribution is 2.18. The first-order valence-electron chi connectivity index (χ1n) is 6.10. The minimum absolute atomic E-state index is 0.113. The Morgan fingerprint density at radius 1 is 1.37 bits per heavy atom. The fourth-order valence-electron chi connectivity index (χ4n) is 2.07. The summed E-state index contributed by atoms with van der Waals surface area (Å²) < 4.78 is 24.6. The third-order valence-corrected chi connectivity index (χ3v) is 4.10. The van der Waals surface area contributed by atoms with Crippen LogP contribution < -0.4 is 0 Å². The van der Waals surface area contributed by atoms with Crippen LogP contribution in [-0.4, -0.2) is 35.9 Å². The van der Waals surface area contributed by atoms with Crippen molar-refractivity contribution in [2.24, 2.45) is 0 Å². The van der Waals surface area contributed by atoms with Crippen molar-refractivity contribution in [3.63, 3.8) is 0 Å². The molecule has 0 aliphatic heterocycles. The topological polar surface area (TPSA) is 52.0 Å². The Balaban J connectivity index is 2.45. The van der Waals surface area contributed by atoms with Crippen molar-refractivity contribution in [3.8, 4) is 0 Å². The van der Waals surface area contributed by atoms with Gasteiger partial charge in [0, 0.05) is 25.1 Å². The van der Waals surface area contributed by atoms with Crippen molar-refractivity contribution < 1.29 is 8.42 Å². The maximum absolute atomic E-state index is 11.3. The molecule has 0 aliphatic rings. The van der Waals surface area contributed by atoms with E-state index in [-0.39, 0.29) is 5.75 Å². The number of nitrogens with zero attached hydrogens (tertiary/aromatic N) is 2. The lowest BCUT2D eigenvalue weighted by atomic mass is 10.2. The van der Waals surface area contributed by atoms with E-state index in [2.05, 4.69) is 4.98 Å². The second-order valence-electron chi connectivity index (χ2n) is 4.74. The number of rotatable bonds is 5. The standard InChI is InChI=1S/C13H17ClN2O2S/c1-10-3-4-12-11(9-10)15-13(5-6-14)16(12)7-8-19(2,17)18/h3-4,9H,5-8H2,1-2H3. The van der Waals surface area contributed by atoms with Crippen LogP contribution in [0.3, 0.4) is 0 Å². The molecule has 6 heteroatoms. The molecule has 0 N–H and O–H groups in total. The van der Waals surface area contributed by atoms with Gasteiger partial charge in [0.1, 0.15) is 15.7 Å². The quantitative estimate of drug-likeness (QED) is 0.795. The van der Waals surface area contributed by atoms with E-state index in [1.54, 1.807) is 0 Å². The van der Waals surface area contributed by atoms with Crippen LogP contribution >= 0.6 is 11.6 Å².